The lowest BCUT2D eigenvalue weighted by molar-refractivity contribution is 0.395. The van der Waals surface area contributed by atoms with Gasteiger partial charge in [-0.3, -0.25) is 0 Å². The Morgan fingerprint density at radius 1 is 1.40 bits per heavy atom. The van der Waals surface area contributed by atoms with Crippen molar-refractivity contribution < 1.29 is 4.42 Å². The highest BCUT2D eigenvalue weighted by Crippen LogP contribution is 2.16. The second kappa shape index (κ2) is 6.67. The molecule has 86 valence electrons. The van der Waals surface area contributed by atoms with Crippen LogP contribution >= 0.6 is 0 Å². The van der Waals surface area contributed by atoms with Crippen LogP contribution in [0.2, 0.25) is 0 Å². The van der Waals surface area contributed by atoms with Crippen molar-refractivity contribution in [1.82, 2.24) is 5.32 Å². The van der Waals surface area contributed by atoms with Gasteiger partial charge in [0.2, 0.25) is 0 Å². The molecule has 1 N–H and O–H groups in total. The van der Waals surface area contributed by atoms with Gasteiger partial charge in [-0.1, -0.05) is 20.8 Å². The molecule has 0 bridgehead atoms. The molecule has 1 aromatic heterocycles. The van der Waals surface area contributed by atoms with Crippen LogP contribution in [0.3, 0.4) is 0 Å². The summed E-state index contributed by atoms with van der Waals surface area (Å²) in [6.45, 7) is 7.80. The minimum absolute atomic E-state index is 0.382. The van der Waals surface area contributed by atoms with Crippen molar-refractivity contribution in [2.45, 2.75) is 46.1 Å². The first-order chi connectivity index (χ1) is 7.24. The highest BCUT2D eigenvalue weighted by Gasteiger charge is 2.10. The molecular formula is C13H23NO. The number of furan rings is 1. The van der Waals surface area contributed by atoms with Crippen LogP contribution in [0.5, 0.6) is 0 Å². The predicted octanol–water partition coefficient (Wildman–Crippen LogP) is 3.76. The fourth-order valence-corrected chi connectivity index (χ4v) is 1.72. The standard InChI is InChI=1S/C13H23NO/c1-4-12(13-8-6-10-15-13)14-9-5-7-11(2)3/h6,8,10-12,14H,4-5,7,9H2,1-3H3. The van der Waals surface area contributed by atoms with E-state index in [1.807, 2.05) is 12.1 Å². The van der Waals surface area contributed by atoms with Gasteiger partial charge in [-0.15, -0.1) is 0 Å². The first-order valence-corrected chi connectivity index (χ1v) is 6.00. The summed E-state index contributed by atoms with van der Waals surface area (Å²) in [7, 11) is 0. The Balaban J connectivity index is 2.23. The van der Waals surface area contributed by atoms with E-state index in [1.165, 1.54) is 12.8 Å². The van der Waals surface area contributed by atoms with Crippen LogP contribution in [0.4, 0.5) is 0 Å². The Morgan fingerprint density at radius 2 is 2.20 bits per heavy atom. The molecular weight excluding hydrogens is 186 g/mol. The molecule has 1 rings (SSSR count). The normalized spacial score (nSPS) is 13.3. The fourth-order valence-electron chi connectivity index (χ4n) is 1.72. The second-order valence-electron chi connectivity index (χ2n) is 4.47. The van der Waals surface area contributed by atoms with Crippen LogP contribution in [0.25, 0.3) is 0 Å². The Kier molecular flexibility index (Phi) is 5.48. The van der Waals surface area contributed by atoms with Crippen molar-refractivity contribution in [3.05, 3.63) is 24.2 Å². The van der Waals surface area contributed by atoms with Gasteiger partial charge in [-0.25, -0.2) is 0 Å². The van der Waals surface area contributed by atoms with E-state index in [0.29, 0.717) is 6.04 Å². The van der Waals surface area contributed by atoms with Crippen molar-refractivity contribution in [2.75, 3.05) is 6.54 Å². The molecule has 2 nitrogen and oxygen atoms in total. The zero-order chi connectivity index (χ0) is 11.1. The monoisotopic (exact) mass is 209 g/mol. The maximum Gasteiger partial charge on any atom is 0.120 e. The SMILES string of the molecule is CCC(NCCCC(C)C)c1ccco1. The van der Waals surface area contributed by atoms with E-state index in [1.54, 1.807) is 6.26 Å². The third kappa shape index (κ3) is 4.52. The lowest BCUT2D eigenvalue weighted by Gasteiger charge is -2.14. The summed E-state index contributed by atoms with van der Waals surface area (Å²) in [5.41, 5.74) is 0. The number of rotatable bonds is 7. The van der Waals surface area contributed by atoms with E-state index in [9.17, 15) is 0 Å². The van der Waals surface area contributed by atoms with Gasteiger partial charge in [0.1, 0.15) is 5.76 Å². The Labute approximate surface area is 93.1 Å². The molecule has 2 heteroatoms. The molecule has 0 spiro atoms. The summed E-state index contributed by atoms with van der Waals surface area (Å²) in [6, 6.07) is 4.38. The van der Waals surface area contributed by atoms with Crippen molar-refractivity contribution in [2.24, 2.45) is 5.92 Å². The van der Waals surface area contributed by atoms with Gasteiger partial charge in [0.25, 0.3) is 0 Å². The Hall–Kier alpha value is -0.760. The van der Waals surface area contributed by atoms with E-state index < -0.39 is 0 Å². The molecule has 15 heavy (non-hydrogen) atoms. The van der Waals surface area contributed by atoms with Crippen LogP contribution in [0.1, 0.15) is 51.8 Å². The topological polar surface area (TPSA) is 25.2 Å². The van der Waals surface area contributed by atoms with Crippen LogP contribution in [-0.4, -0.2) is 6.54 Å². The van der Waals surface area contributed by atoms with Gasteiger partial charge in [-0.05, 0) is 43.9 Å². The smallest absolute Gasteiger partial charge is 0.120 e. The summed E-state index contributed by atoms with van der Waals surface area (Å²) in [4.78, 5) is 0. The van der Waals surface area contributed by atoms with Gasteiger partial charge < -0.3 is 9.73 Å². The summed E-state index contributed by atoms with van der Waals surface area (Å²) in [6.07, 6.45) is 5.36. The van der Waals surface area contributed by atoms with Gasteiger partial charge in [0.15, 0.2) is 0 Å². The van der Waals surface area contributed by atoms with Crippen LogP contribution in [0.15, 0.2) is 22.8 Å². The van der Waals surface area contributed by atoms with E-state index in [0.717, 1.165) is 24.6 Å². The highest BCUT2D eigenvalue weighted by atomic mass is 16.3. The largest absolute Gasteiger partial charge is 0.468 e. The first-order valence-electron chi connectivity index (χ1n) is 6.00. The quantitative estimate of drug-likeness (QED) is 0.692. The molecule has 0 aliphatic rings. The maximum absolute atomic E-state index is 5.40. The highest BCUT2D eigenvalue weighted by molar-refractivity contribution is 5.03. The molecule has 1 unspecified atom stereocenters. The molecule has 0 radical (unpaired) electrons. The third-order valence-electron chi connectivity index (χ3n) is 2.64. The zero-order valence-electron chi connectivity index (χ0n) is 10.1. The lowest BCUT2D eigenvalue weighted by Crippen LogP contribution is -2.21. The van der Waals surface area contributed by atoms with Crippen LogP contribution < -0.4 is 5.32 Å². The molecule has 0 saturated heterocycles. The number of hydrogen-bond donors (Lipinski definition) is 1. The predicted molar refractivity (Wildman–Crippen MR) is 63.8 cm³/mol. The van der Waals surface area contributed by atoms with Gasteiger partial charge in [0.05, 0.1) is 12.3 Å². The second-order valence-corrected chi connectivity index (χ2v) is 4.47. The average Bonchev–Trinajstić information content (AvgIpc) is 2.70. The first kappa shape index (κ1) is 12.3. The molecule has 1 atom stereocenters. The van der Waals surface area contributed by atoms with E-state index >= 15 is 0 Å². The van der Waals surface area contributed by atoms with Crippen LogP contribution in [0, 0.1) is 5.92 Å². The van der Waals surface area contributed by atoms with Crippen LogP contribution in [-0.2, 0) is 0 Å². The fraction of sp³-hybridized carbons (Fsp3) is 0.692. The zero-order valence-corrected chi connectivity index (χ0v) is 10.1. The van der Waals surface area contributed by atoms with Gasteiger partial charge in [0, 0.05) is 0 Å². The molecule has 1 heterocycles. The van der Waals surface area contributed by atoms with E-state index in [2.05, 4.69) is 26.1 Å². The molecule has 0 fully saturated rings. The summed E-state index contributed by atoms with van der Waals surface area (Å²) in [5.74, 6) is 1.86. The minimum atomic E-state index is 0.382. The maximum atomic E-state index is 5.40. The van der Waals surface area contributed by atoms with Crippen molar-refractivity contribution in [1.29, 1.82) is 0 Å². The van der Waals surface area contributed by atoms with Gasteiger partial charge in [-0.2, -0.15) is 0 Å². The van der Waals surface area contributed by atoms with E-state index in [4.69, 9.17) is 4.42 Å². The Morgan fingerprint density at radius 3 is 2.73 bits per heavy atom. The molecule has 0 saturated carbocycles. The molecule has 0 amide bonds. The minimum Gasteiger partial charge on any atom is -0.468 e. The molecule has 1 aromatic rings. The molecule has 0 aliphatic carbocycles. The summed E-state index contributed by atoms with van der Waals surface area (Å²) in [5, 5.41) is 3.53. The van der Waals surface area contributed by atoms with Crippen molar-refractivity contribution >= 4 is 0 Å². The van der Waals surface area contributed by atoms with Crippen molar-refractivity contribution in [3.8, 4) is 0 Å². The summed E-state index contributed by atoms with van der Waals surface area (Å²) < 4.78 is 5.40. The van der Waals surface area contributed by atoms with Crippen molar-refractivity contribution in [3.63, 3.8) is 0 Å². The summed E-state index contributed by atoms with van der Waals surface area (Å²) >= 11 is 0. The number of hydrogen-bond acceptors (Lipinski definition) is 2. The molecule has 0 aromatic carbocycles. The Bertz CT molecular complexity index is 241. The third-order valence-corrected chi connectivity index (χ3v) is 2.64. The van der Waals surface area contributed by atoms with Gasteiger partial charge >= 0.3 is 0 Å². The lowest BCUT2D eigenvalue weighted by atomic mass is 10.1. The molecule has 0 aliphatic heterocycles. The average molecular weight is 209 g/mol. The van der Waals surface area contributed by atoms with E-state index in [-0.39, 0.29) is 0 Å². The number of nitrogens with one attached hydrogen (secondary N) is 1.